The molecular formula is C42H42N2O4. The van der Waals surface area contributed by atoms with Gasteiger partial charge in [0.05, 0.1) is 14.2 Å². The molecule has 6 rings (SSSR count). The number of carbonyl (C=O) groups excluding carboxylic acids is 2. The van der Waals surface area contributed by atoms with E-state index < -0.39 is 0 Å². The molecule has 0 bridgehead atoms. The molecule has 0 fully saturated rings. The summed E-state index contributed by atoms with van der Waals surface area (Å²) in [6.45, 7) is 4.78. The lowest BCUT2D eigenvalue weighted by Crippen LogP contribution is -2.43. The third-order valence-corrected chi connectivity index (χ3v) is 9.28. The highest BCUT2D eigenvalue weighted by molar-refractivity contribution is 6.26. The number of rotatable bonds is 13. The highest BCUT2D eigenvalue weighted by Gasteiger charge is 2.34. The summed E-state index contributed by atoms with van der Waals surface area (Å²) in [7, 11) is 3.33. The van der Waals surface area contributed by atoms with Gasteiger partial charge in [0.2, 0.25) is 0 Å². The van der Waals surface area contributed by atoms with Crippen molar-refractivity contribution in [3.05, 3.63) is 125 Å². The molecule has 1 aliphatic heterocycles. The van der Waals surface area contributed by atoms with Gasteiger partial charge in [0.15, 0.2) is 0 Å². The number of benzene rings is 5. The molecule has 1 unspecified atom stereocenters. The molecule has 6 heteroatoms. The van der Waals surface area contributed by atoms with Crippen LogP contribution in [0.1, 0.15) is 71.4 Å². The first-order valence-electron chi connectivity index (χ1n) is 16.7. The van der Waals surface area contributed by atoms with E-state index in [-0.39, 0.29) is 11.8 Å². The standard InChI is InChI=1S/C42H42N2O4/c1-5-7-9-29(6-2)28-43-41(45)38-11-8-10-37-31(16-27-39(40(37)38)42(43)46)15-12-30-13-17-32(18-14-30)44(33-19-23-35(47-3)24-20-33)34-21-25-36(48-4)26-22-34/h8,10-27,29H,5-7,9,28H2,1-4H3/b15-12+. The smallest absolute Gasteiger partial charge is 0.261 e. The quantitative estimate of drug-likeness (QED) is 0.0949. The number of imide groups is 1. The minimum absolute atomic E-state index is 0.192. The van der Waals surface area contributed by atoms with Crippen LogP contribution in [0.5, 0.6) is 11.5 Å². The summed E-state index contributed by atoms with van der Waals surface area (Å²) in [5.41, 5.74) is 6.20. The second-order valence-corrected chi connectivity index (χ2v) is 12.2. The second-order valence-electron chi connectivity index (χ2n) is 12.2. The Morgan fingerprint density at radius 1 is 0.688 bits per heavy atom. The third-order valence-electron chi connectivity index (χ3n) is 9.28. The molecule has 244 valence electrons. The van der Waals surface area contributed by atoms with Crippen LogP contribution in [0.25, 0.3) is 22.9 Å². The minimum atomic E-state index is -0.192. The zero-order valence-corrected chi connectivity index (χ0v) is 28.1. The molecule has 2 amide bonds. The van der Waals surface area contributed by atoms with E-state index in [9.17, 15) is 9.59 Å². The van der Waals surface area contributed by atoms with Crippen LogP contribution >= 0.6 is 0 Å². The molecule has 0 N–H and O–H groups in total. The minimum Gasteiger partial charge on any atom is -0.497 e. The predicted octanol–water partition coefficient (Wildman–Crippen LogP) is 10.3. The van der Waals surface area contributed by atoms with Gasteiger partial charge < -0.3 is 14.4 Å². The highest BCUT2D eigenvalue weighted by Crippen LogP contribution is 2.37. The molecule has 0 aliphatic carbocycles. The van der Waals surface area contributed by atoms with Crippen LogP contribution in [0.2, 0.25) is 0 Å². The summed E-state index contributed by atoms with van der Waals surface area (Å²) in [6, 6.07) is 34.0. The Morgan fingerprint density at radius 2 is 1.25 bits per heavy atom. The van der Waals surface area contributed by atoms with E-state index in [2.05, 4.69) is 55.2 Å². The highest BCUT2D eigenvalue weighted by atomic mass is 16.5. The van der Waals surface area contributed by atoms with Gasteiger partial charge in [-0.3, -0.25) is 14.5 Å². The second kappa shape index (κ2) is 14.6. The number of amides is 2. The predicted molar refractivity (Wildman–Crippen MR) is 196 cm³/mol. The van der Waals surface area contributed by atoms with Gasteiger partial charge in [0.1, 0.15) is 11.5 Å². The van der Waals surface area contributed by atoms with E-state index >= 15 is 0 Å². The summed E-state index contributed by atoms with van der Waals surface area (Å²) in [5, 5.41) is 1.65. The van der Waals surface area contributed by atoms with Gasteiger partial charge in [0, 0.05) is 40.1 Å². The van der Waals surface area contributed by atoms with Crippen LogP contribution in [0.4, 0.5) is 17.1 Å². The Morgan fingerprint density at radius 3 is 1.79 bits per heavy atom. The van der Waals surface area contributed by atoms with Crippen LogP contribution < -0.4 is 14.4 Å². The summed E-state index contributed by atoms with van der Waals surface area (Å²) >= 11 is 0. The van der Waals surface area contributed by atoms with Gasteiger partial charge in [-0.25, -0.2) is 0 Å². The lowest BCUT2D eigenvalue weighted by molar-refractivity contribution is 0.0580. The van der Waals surface area contributed by atoms with Crippen LogP contribution in [-0.2, 0) is 0 Å². The normalized spacial score (nSPS) is 13.3. The van der Waals surface area contributed by atoms with Gasteiger partial charge >= 0.3 is 0 Å². The molecule has 1 atom stereocenters. The molecule has 48 heavy (non-hydrogen) atoms. The summed E-state index contributed by atoms with van der Waals surface area (Å²) in [6.07, 6.45) is 8.29. The number of ether oxygens (including phenoxy) is 2. The molecule has 0 aromatic heterocycles. The van der Waals surface area contributed by atoms with Gasteiger partial charge in [0.25, 0.3) is 11.8 Å². The zero-order valence-electron chi connectivity index (χ0n) is 28.1. The Kier molecular flexibility index (Phi) is 9.91. The van der Waals surface area contributed by atoms with Crippen molar-refractivity contribution in [2.45, 2.75) is 39.5 Å². The fourth-order valence-corrected chi connectivity index (χ4v) is 6.49. The molecule has 1 aliphatic rings. The van der Waals surface area contributed by atoms with E-state index in [0.717, 1.165) is 76.1 Å². The number of anilines is 3. The molecule has 0 saturated heterocycles. The molecule has 1 heterocycles. The first-order chi connectivity index (χ1) is 23.4. The first-order valence-corrected chi connectivity index (χ1v) is 16.7. The molecule has 0 spiro atoms. The van der Waals surface area contributed by atoms with Crippen LogP contribution in [-0.4, -0.2) is 37.5 Å². The summed E-state index contributed by atoms with van der Waals surface area (Å²) in [5.74, 6) is 1.52. The number of hydrogen-bond acceptors (Lipinski definition) is 5. The fraction of sp³-hybridized carbons (Fsp3) is 0.238. The van der Waals surface area contributed by atoms with Crippen molar-refractivity contribution in [1.82, 2.24) is 4.90 Å². The Bertz CT molecular complexity index is 1860. The van der Waals surface area contributed by atoms with E-state index in [1.807, 2.05) is 78.9 Å². The molecule has 0 saturated carbocycles. The maximum Gasteiger partial charge on any atom is 0.261 e. The molecule has 5 aromatic rings. The van der Waals surface area contributed by atoms with Crippen molar-refractivity contribution in [1.29, 1.82) is 0 Å². The summed E-state index contributed by atoms with van der Waals surface area (Å²) in [4.78, 5) is 31.0. The van der Waals surface area contributed by atoms with Crippen molar-refractivity contribution < 1.29 is 19.1 Å². The summed E-state index contributed by atoms with van der Waals surface area (Å²) < 4.78 is 10.8. The first kappa shape index (κ1) is 32.6. The molecule has 0 radical (unpaired) electrons. The van der Waals surface area contributed by atoms with E-state index in [1.54, 1.807) is 14.2 Å². The zero-order chi connectivity index (χ0) is 33.6. The monoisotopic (exact) mass is 638 g/mol. The van der Waals surface area contributed by atoms with Gasteiger partial charge in [-0.15, -0.1) is 0 Å². The van der Waals surface area contributed by atoms with Crippen LogP contribution in [0.3, 0.4) is 0 Å². The van der Waals surface area contributed by atoms with Crippen LogP contribution in [0.15, 0.2) is 103 Å². The van der Waals surface area contributed by atoms with E-state index in [0.29, 0.717) is 23.6 Å². The maximum absolute atomic E-state index is 13.7. The number of unbranched alkanes of at least 4 members (excludes halogenated alkanes) is 1. The molecule has 5 aromatic carbocycles. The topological polar surface area (TPSA) is 59.1 Å². The van der Waals surface area contributed by atoms with Crippen molar-refractivity contribution in [2.75, 3.05) is 25.7 Å². The largest absolute Gasteiger partial charge is 0.497 e. The number of nitrogens with zero attached hydrogens (tertiary/aromatic N) is 2. The lowest BCUT2D eigenvalue weighted by atomic mass is 9.90. The maximum atomic E-state index is 13.7. The van der Waals surface area contributed by atoms with Crippen molar-refractivity contribution >= 4 is 51.8 Å². The Hall–Kier alpha value is -5.36. The fourth-order valence-electron chi connectivity index (χ4n) is 6.49. The molecular weight excluding hydrogens is 596 g/mol. The SMILES string of the molecule is CCCCC(CC)CN1C(=O)c2cccc3c(/C=C/c4ccc(N(c5ccc(OC)cc5)c5ccc(OC)cc5)cc4)ccc(c23)C1=O. The van der Waals surface area contributed by atoms with Crippen molar-refractivity contribution in [3.8, 4) is 11.5 Å². The Balaban J connectivity index is 1.28. The van der Waals surface area contributed by atoms with E-state index in [1.165, 1.54) is 4.90 Å². The number of carbonyl (C=O) groups is 2. The third kappa shape index (κ3) is 6.56. The van der Waals surface area contributed by atoms with Crippen LogP contribution in [0, 0.1) is 5.92 Å². The number of methoxy groups -OCH3 is 2. The van der Waals surface area contributed by atoms with E-state index in [4.69, 9.17) is 9.47 Å². The van der Waals surface area contributed by atoms with Crippen molar-refractivity contribution in [3.63, 3.8) is 0 Å². The van der Waals surface area contributed by atoms with Gasteiger partial charge in [-0.05, 0) is 102 Å². The van der Waals surface area contributed by atoms with Gasteiger partial charge in [-0.2, -0.15) is 0 Å². The van der Waals surface area contributed by atoms with Crippen molar-refractivity contribution in [2.24, 2.45) is 5.92 Å². The van der Waals surface area contributed by atoms with Gasteiger partial charge in [-0.1, -0.05) is 75.6 Å². The molecule has 6 nitrogen and oxygen atoms in total. The lowest BCUT2D eigenvalue weighted by Gasteiger charge is -2.30. The average Bonchev–Trinajstić information content (AvgIpc) is 3.14. The Labute approximate surface area is 283 Å². The average molecular weight is 639 g/mol. The number of hydrogen-bond donors (Lipinski definition) is 0.